The van der Waals surface area contributed by atoms with Gasteiger partial charge >= 0.3 is 0 Å². The number of hydrogen-bond acceptors (Lipinski definition) is 8. The Morgan fingerprint density at radius 2 is 2.00 bits per heavy atom. The third-order valence-electron chi connectivity index (χ3n) is 6.55. The summed E-state index contributed by atoms with van der Waals surface area (Å²) in [5.74, 6) is 1.86. The Labute approximate surface area is 198 Å². The molecular formula is C24H32N8O2. The Morgan fingerprint density at radius 3 is 2.74 bits per heavy atom. The molecule has 1 fully saturated rings. The van der Waals surface area contributed by atoms with Crippen LogP contribution in [-0.4, -0.2) is 59.8 Å². The van der Waals surface area contributed by atoms with Crippen molar-refractivity contribution in [3.8, 4) is 5.75 Å². The van der Waals surface area contributed by atoms with Gasteiger partial charge < -0.3 is 20.5 Å². The quantitative estimate of drug-likeness (QED) is 0.463. The lowest BCUT2D eigenvalue weighted by atomic mass is 9.92. The van der Waals surface area contributed by atoms with E-state index in [2.05, 4.69) is 21.9 Å². The number of benzene rings is 1. The number of anilines is 2. The molecule has 0 aliphatic carbocycles. The lowest BCUT2D eigenvalue weighted by Crippen LogP contribution is -2.41. The van der Waals surface area contributed by atoms with Crippen molar-refractivity contribution in [1.29, 1.82) is 0 Å². The number of rotatable bonds is 5. The van der Waals surface area contributed by atoms with Crippen LogP contribution < -0.4 is 15.4 Å². The van der Waals surface area contributed by atoms with Gasteiger partial charge in [0.1, 0.15) is 11.3 Å². The van der Waals surface area contributed by atoms with Gasteiger partial charge in [0.2, 0.25) is 5.95 Å². The van der Waals surface area contributed by atoms with E-state index in [4.69, 9.17) is 20.6 Å². The summed E-state index contributed by atoms with van der Waals surface area (Å²) in [5, 5.41) is 20.5. The molecule has 0 radical (unpaired) electrons. The van der Waals surface area contributed by atoms with Crippen molar-refractivity contribution in [1.82, 2.24) is 29.4 Å². The zero-order valence-corrected chi connectivity index (χ0v) is 20.4. The van der Waals surface area contributed by atoms with Gasteiger partial charge in [0.05, 0.1) is 30.6 Å². The molecule has 10 heteroatoms. The first-order chi connectivity index (χ1) is 16.1. The van der Waals surface area contributed by atoms with Gasteiger partial charge in [-0.3, -0.25) is 4.68 Å². The van der Waals surface area contributed by atoms with Gasteiger partial charge in [-0.15, -0.1) is 5.10 Å². The third-order valence-corrected chi connectivity index (χ3v) is 6.55. The van der Waals surface area contributed by atoms with E-state index in [1.54, 1.807) is 25.5 Å². The van der Waals surface area contributed by atoms with Gasteiger partial charge in [-0.2, -0.15) is 9.61 Å². The highest BCUT2D eigenvalue weighted by molar-refractivity contribution is 5.95. The van der Waals surface area contributed by atoms with Gasteiger partial charge in [0.25, 0.3) is 0 Å². The molecule has 5 rings (SSSR count). The van der Waals surface area contributed by atoms with Crippen LogP contribution in [0.3, 0.4) is 0 Å². The molecule has 4 heterocycles. The number of nitrogen functional groups attached to an aromatic ring is 1. The maximum absolute atomic E-state index is 10.2. The number of aliphatic hydroxyl groups is 1. The van der Waals surface area contributed by atoms with Crippen LogP contribution in [0.1, 0.15) is 51.0 Å². The summed E-state index contributed by atoms with van der Waals surface area (Å²) in [6.07, 6.45) is 4.03. The fourth-order valence-electron chi connectivity index (χ4n) is 4.90. The zero-order valence-electron chi connectivity index (χ0n) is 20.4. The second kappa shape index (κ2) is 8.12. The SMILES string of the molecule is COc1cccc2c1nc(N)n1nc(C3CCC(C)N(c4cn(CC(C)(C)O)nc4C)C3)nc21. The number of nitrogens with two attached hydrogens (primary N) is 1. The number of fused-ring (bicyclic) bond motifs is 3. The highest BCUT2D eigenvalue weighted by Gasteiger charge is 2.31. The Kier molecular flexibility index (Phi) is 5.35. The molecular weight excluding hydrogens is 432 g/mol. The average molecular weight is 465 g/mol. The molecule has 1 aromatic carbocycles. The van der Waals surface area contributed by atoms with Crippen molar-refractivity contribution in [2.45, 2.75) is 64.6 Å². The molecule has 1 aliphatic rings. The molecule has 0 spiro atoms. The van der Waals surface area contributed by atoms with Crippen molar-refractivity contribution in [2.75, 3.05) is 24.3 Å². The number of piperidine rings is 1. The summed E-state index contributed by atoms with van der Waals surface area (Å²) in [7, 11) is 1.62. The Hall–Kier alpha value is -3.40. The van der Waals surface area contributed by atoms with Gasteiger partial charge in [-0.1, -0.05) is 6.07 Å². The van der Waals surface area contributed by atoms with E-state index in [1.807, 2.05) is 36.0 Å². The van der Waals surface area contributed by atoms with Crippen LogP contribution in [0.15, 0.2) is 24.4 Å². The number of aryl methyl sites for hydroxylation is 1. The minimum atomic E-state index is -0.828. The minimum absolute atomic E-state index is 0.146. The van der Waals surface area contributed by atoms with E-state index in [0.29, 0.717) is 29.5 Å². The van der Waals surface area contributed by atoms with Crippen molar-refractivity contribution in [3.05, 3.63) is 35.9 Å². The molecule has 2 atom stereocenters. The number of methoxy groups -OCH3 is 1. The normalized spacial score (nSPS) is 19.3. The smallest absolute Gasteiger partial charge is 0.223 e. The van der Waals surface area contributed by atoms with Gasteiger partial charge in [0, 0.05) is 30.1 Å². The van der Waals surface area contributed by atoms with Crippen molar-refractivity contribution < 1.29 is 9.84 Å². The Bertz CT molecular complexity index is 1350. The summed E-state index contributed by atoms with van der Waals surface area (Å²) in [6.45, 7) is 9.05. The van der Waals surface area contributed by atoms with E-state index in [-0.39, 0.29) is 11.9 Å². The molecule has 3 N–H and O–H groups in total. The number of ether oxygens (including phenoxy) is 1. The summed E-state index contributed by atoms with van der Waals surface area (Å²) < 4.78 is 8.93. The van der Waals surface area contributed by atoms with Crippen molar-refractivity contribution in [3.63, 3.8) is 0 Å². The molecule has 34 heavy (non-hydrogen) atoms. The molecule has 180 valence electrons. The van der Waals surface area contributed by atoms with E-state index >= 15 is 0 Å². The van der Waals surface area contributed by atoms with Crippen LogP contribution in [0.5, 0.6) is 5.75 Å². The Balaban J connectivity index is 1.50. The third kappa shape index (κ3) is 3.91. The molecule has 1 aliphatic heterocycles. The molecule has 2 unspecified atom stereocenters. The van der Waals surface area contributed by atoms with Crippen LogP contribution in [0, 0.1) is 6.92 Å². The summed E-state index contributed by atoms with van der Waals surface area (Å²) in [5.41, 5.74) is 8.83. The van der Waals surface area contributed by atoms with E-state index in [9.17, 15) is 5.11 Å². The van der Waals surface area contributed by atoms with Gasteiger partial charge in [-0.05, 0) is 52.7 Å². The summed E-state index contributed by atoms with van der Waals surface area (Å²) in [6, 6.07) is 6.12. The van der Waals surface area contributed by atoms with Crippen molar-refractivity contribution >= 4 is 28.2 Å². The summed E-state index contributed by atoms with van der Waals surface area (Å²) >= 11 is 0. The Morgan fingerprint density at radius 1 is 1.21 bits per heavy atom. The maximum Gasteiger partial charge on any atom is 0.223 e. The van der Waals surface area contributed by atoms with Crippen LogP contribution >= 0.6 is 0 Å². The van der Waals surface area contributed by atoms with Crippen LogP contribution in [0.2, 0.25) is 0 Å². The number of hydrogen-bond donors (Lipinski definition) is 2. The van der Waals surface area contributed by atoms with Gasteiger partial charge in [0.15, 0.2) is 11.5 Å². The van der Waals surface area contributed by atoms with Crippen LogP contribution in [0.25, 0.3) is 16.6 Å². The topological polar surface area (TPSA) is 120 Å². The highest BCUT2D eigenvalue weighted by atomic mass is 16.5. The van der Waals surface area contributed by atoms with E-state index in [0.717, 1.165) is 42.0 Å². The first kappa shape index (κ1) is 22.4. The molecule has 1 saturated heterocycles. The predicted molar refractivity (Wildman–Crippen MR) is 131 cm³/mol. The predicted octanol–water partition coefficient (Wildman–Crippen LogP) is 2.92. The highest BCUT2D eigenvalue weighted by Crippen LogP contribution is 2.35. The molecule has 3 aromatic heterocycles. The van der Waals surface area contributed by atoms with Crippen molar-refractivity contribution in [2.24, 2.45) is 0 Å². The first-order valence-electron chi connectivity index (χ1n) is 11.7. The molecule has 10 nitrogen and oxygen atoms in total. The fraction of sp³-hybridized carbons (Fsp3) is 0.500. The fourth-order valence-corrected chi connectivity index (χ4v) is 4.90. The standard InChI is InChI=1S/C24H32N8O2/c1-14-9-10-16(11-31(14)18-12-30(28-15(18)2)13-24(3,4)33)21-27-22-17-7-6-8-19(34-5)20(17)26-23(25)32(22)29-21/h6-8,12,14,16,33H,9-11,13H2,1-5H3,(H2,25,26). The molecule has 4 aromatic rings. The first-order valence-corrected chi connectivity index (χ1v) is 11.7. The van der Waals surface area contributed by atoms with E-state index in [1.165, 1.54) is 0 Å². The second-order valence-electron chi connectivity index (χ2n) is 9.92. The van der Waals surface area contributed by atoms with Gasteiger partial charge in [-0.25, -0.2) is 9.97 Å². The lowest BCUT2D eigenvalue weighted by molar-refractivity contribution is 0.0577. The molecule has 0 amide bonds. The monoisotopic (exact) mass is 464 g/mol. The molecule has 0 saturated carbocycles. The average Bonchev–Trinajstić information content (AvgIpc) is 3.37. The zero-order chi connectivity index (χ0) is 24.2. The number of para-hydroxylation sites is 1. The molecule has 0 bridgehead atoms. The minimum Gasteiger partial charge on any atom is -0.494 e. The maximum atomic E-state index is 10.2. The lowest BCUT2D eigenvalue weighted by Gasteiger charge is -2.38. The number of aromatic nitrogens is 6. The summed E-state index contributed by atoms with van der Waals surface area (Å²) in [4.78, 5) is 11.8. The number of nitrogens with zero attached hydrogens (tertiary/aromatic N) is 7. The van der Waals surface area contributed by atoms with Crippen LogP contribution in [0.4, 0.5) is 11.6 Å². The van der Waals surface area contributed by atoms with E-state index < -0.39 is 5.60 Å². The second-order valence-corrected chi connectivity index (χ2v) is 9.92. The largest absolute Gasteiger partial charge is 0.494 e. The van der Waals surface area contributed by atoms with Crippen LogP contribution in [-0.2, 0) is 6.54 Å².